The van der Waals surface area contributed by atoms with E-state index in [4.69, 9.17) is 4.98 Å². The summed E-state index contributed by atoms with van der Waals surface area (Å²) in [6.45, 7) is 11.0. The zero-order valence-electron chi connectivity index (χ0n) is 25.1. The van der Waals surface area contributed by atoms with E-state index in [0.29, 0.717) is 50.2 Å². The Hall–Kier alpha value is -2.08. The van der Waals surface area contributed by atoms with Crippen LogP contribution in [0.15, 0.2) is 30.5 Å². The van der Waals surface area contributed by atoms with Gasteiger partial charge in [-0.15, -0.1) is 0 Å². The number of piperidine rings is 1. The molecule has 4 N–H and O–H groups in total. The summed E-state index contributed by atoms with van der Waals surface area (Å²) in [4.78, 5) is 42.2. The highest BCUT2D eigenvalue weighted by atomic mass is 32.2. The SMILES string of the molecule is C=C(CCSCc1cccc(CSCCC(=O)NC(C=O)(CCC)CCNC=O)n1)NC1CCN(C(C)NC)CC1. The number of aromatic nitrogens is 1. The van der Waals surface area contributed by atoms with Crippen LogP contribution in [-0.4, -0.2) is 84.4 Å². The lowest BCUT2D eigenvalue weighted by Gasteiger charge is -2.36. The van der Waals surface area contributed by atoms with Gasteiger partial charge in [0.05, 0.1) is 23.1 Å². The number of aldehydes is 1. The predicted molar refractivity (Wildman–Crippen MR) is 172 cm³/mol. The van der Waals surface area contributed by atoms with Crippen molar-refractivity contribution in [2.75, 3.05) is 38.2 Å². The second-order valence-corrected chi connectivity index (χ2v) is 12.9. The average molecular weight is 607 g/mol. The number of hydrogen-bond acceptors (Lipinski definition) is 9. The van der Waals surface area contributed by atoms with Gasteiger partial charge < -0.3 is 26.1 Å². The molecule has 0 saturated carbocycles. The Morgan fingerprint density at radius 3 is 2.39 bits per heavy atom. The summed E-state index contributed by atoms with van der Waals surface area (Å²) in [5.74, 6) is 3.09. The molecule has 1 aliphatic heterocycles. The first kappa shape index (κ1) is 35.1. The molecule has 2 unspecified atom stereocenters. The fourth-order valence-electron chi connectivity index (χ4n) is 4.92. The zero-order chi connectivity index (χ0) is 29.9. The van der Waals surface area contributed by atoms with E-state index in [1.54, 1.807) is 11.8 Å². The minimum atomic E-state index is -0.925. The predicted octanol–water partition coefficient (Wildman–Crippen LogP) is 3.45. The number of rotatable bonds is 22. The third kappa shape index (κ3) is 13.6. The van der Waals surface area contributed by atoms with Gasteiger partial charge >= 0.3 is 0 Å². The van der Waals surface area contributed by atoms with Crippen molar-refractivity contribution in [2.45, 2.75) is 88.0 Å². The average Bonchev–Trinajstić information content (AvgIpc) is 2.98. The van der Waals surface area contributed by atoms with E-state index in [-0.39, 0.29) is 5.91 Å². The lowest BCUT2D eigenvalue weighted by Crippen LogP contribution is -2.51. The molecule has 2 rings (SSSR count). The normalized spacial score (nSPS) is 16.4. The Bertz CT molecular complexity index is 945. The molecule has 1 aliphatic rings. The third-order valence-electron chi connectivity index (χ3n) is 7.40. The van der Waals surface area contributed by atoms with Crippen molar-refractivity contribution >= 4 is 42.1 Å². The molecular weight excluding hydrogens is 557 g/mol. The molecule has 0 radical (unpaired) electrons. The summed E-state index contributed by atoms with van der Waals surface area (Å²) in [5.41, 5.74) is 2.27. The number of carbonyl (C=O) groups excluding carboxylic acids is 3. The second-order valence-electron chi connectivity index (χ2n) is 10.6. The van der Waals surface area contributed by atoms with Gasteiger partial charge in [-0.1, -0.05) is 26.0 Å². The molecule has 1 fully saturated rings. The van der Waals surface area contributed by atoms with Gasteiger partial charge in [-0.05, 0) is 64.0 Å². The van der Waals surface area contributed by atoms with E-state index in [1.165, 1.54) is 0 Å². The van der Waals surface area contributed by atoms with Crippen molar-refractivity contribution in [2.24, 2.45) is 0 Å². The van der Waals surface area contributed by atoms with Gasteiger partial charge in [0.2, 0.25) is 12.3 Å². The summed E-state index contributed by atoms with van der Waals surface area (Å²) < 4.78 is 0. The molecule has 1 aromatic heterocycles. The number of nitrogens with zero attached hydrogens (tertiary/aromatic N) is 2. The van der Waals surface area contributed by atoms with E-state index in [2.05, 4.69) is 45.7 Å². The molecule has 0 aliphatic carbocycles. The number of nitrogens with one attached hydrogen (secondary N) is 4. The molecule has 41 heavy (non-hydrogen) atoms. The van der Waals surface area contributed by atoms with Crippen LogP contribution in [0.25, 0.3) is 0 Å². The molecule has 9 nitrogen and oxygen atoms in total. The fraction of sp³-hybridized carbons (Fsp3) is 0.667. The van der Waals surface area contributed by atoms with Crippen LogP contribution in [0.3, 0.4) is 0 Å². The van der Waals surface area contributed by atoms with Crippen LogP contribution in [0.5, 0.6) is 0 Å². The third-order valence-corrected chi connectivity index (χ3v) is 9.38. The van der Waals surface area contributed by atoms with Gasteiger partial charge in [0.1, 0.15) is 6.29 Å². The highest BCUT2D eigenvalue weighted by Gasteiger charge is 2.30. The Kier molecular flexibility index (Phi) is 17.1. The lowest BCUT2D eigenvalue weighted by atomic mass is 9.91. The van der Waals surface area contributed by atoms with Crippen LogP contribution in [-0.2, 0) is 25.9 Å². The Labute approximate surface area is 255 Å². The van der Waals surface area contributed by atoms with Crippen LogP contribution >= 0.6 is 23.5 Å². The van der Waals surface area contributed by atoms with E-state index < -0.39 is 5.54 Å². The first-order valence-electron chi connectivity index (χ1n) is 14.7. The minimum absolute atomic E-state index is 0.146. The standard InChI is InChI=1S/C30H50N6O3S2/c1-5-13-30(22-37,14-15-32-23-38)35-29(39)12-19-41-21-28-8-6-7-27(34-28)20-40-18-11-24(2)33-26-9-16-36(17-10-26)25(3)31-4/h6-8,22-23,25-26,31,33H,2,5,9-21H2,1,3-4H3,(H,32,38)(H,35,39). The van der Waals surface area contributed by atoms with Crippen molar-refractivity contribution < 1.29 is 14.4 Å². The fourth-order valence-corrected chi connectivity index (χ4v) is 6.66. The maximum absolute atomic E-state index is 12.5. The van der Waals surface area contributed by atoms with E-state index in [9.17, 15) is 14.4 Å². The minimum Gasteiger partial charge on any atom is -0.386 e. The first-order valence-corrected chi connectivity index (χ1v) is 17.1. The number of hydrogen-bond donors (Lipinski definition) is 4. The summed E-state index contributed by atoms with van der Waals surface area (Å²) in [7, 11) is 2.01. The lowest BCUT2D eigenvalue weighted by molar-refractivity contribution is -0.126. The largest absolute Gasteiger partial charge is 0.386 e. The van der Waals surface area contributed by atoms with Gasteiger partial charge in [0, 0.05) is 55.1 Å². The van der Waals surface area contributed by atoms with Crippen LogP contribution in [0.1, 0.15) is 70.2 Å². The first-order chi connectivity index (χ1) is 19.8. The molecular formula is C30H50N6O3S2. The molecule has 1 aromatic rings. The Morgan fingerprint density at radius 1 is 1.15 bits per heavy atom. The quantitative estimate of drug-likeness (QED) is 0.116. The van der Waals surface area contributed by atoms with Gasteiger partial charge in [-0.3, -0.25) is 19.5 Å². The van der Waals surface area contributed by atoms with E-state index >= 15 is 0 Å². The van der Waals surface area contributed by atoms with Crippen LogP contribution < -0.4 is 21.3 Å². The van der Waals surface area contributed by atoms with Gasteiger partial charge in [-0.2, -0.15) is 23.5 Å². The number of pyridine rings is 1. The summed E-state index contributed by atoms with van der Waals surface area (Å²) in [6.07, 6.45) is 7.11. The number of amides is 2. The highest BCUT2D eigenvalue weighted by Crippen LogP contribution is 2.19. The molecule has 2 heterocycles. The summed E-state index contributed by atoms with van der Waals surface area (Å²) in [5, 5.41) is 12.4. The van der Waals surface area contributed by atoms with Crippen molar-refractivity contribution in [3.63, 3.8) is 0 Å². The van der Waals surface area contributed by atoms with Crippen LogP contribution in [0.4, 0.5) is 0 Å². The van der Waals surface area contributed by atoms with Gasteiger partial charge in [0.25, 0.3) is 0 Å². The molecule has 2 amide bonds. The Morgan fingerprint density at radius 2 is 1.80 bits per heavy atom. The van der Waals surface area contributed by atoms with Gasteiger partial charge in [0.15, 0.2) is 0 Å². The number of likely N-dealkylation sites (tertiary alicyclic amines) is 1. The number of thioether (sulfide) groups is 2. The van der Waals surface area contributed by atoms with Crippen molar-refractivity contribution in [3.8, 4) is 0 Å². The monoisotopic (exact) mass is 606 g/mol. The number of allylic oxidation sites excluding steroid dienone is 1. The molecule has 2 atom stereocenters. The maximum Gasteiger partial charge on any atom is 0.221 e. The number of carbonyl (C=O) groups is 3. The van der Waals surface area contributed by atoms with Crippen molar-refractivity contribution in [1.82, 2.24) is 31.2 Å². The van der Waals surface area contributed by atoms with Crippen molar-refractivity contribution in [1.29, 1.82) is 0 Å². The summed E-state index contributed by atoms with van der Waals surface area (Å²) in [6, 6.07) is 6.65. The molecule has 11 heteroatoms. The maximum atomic E-state index is 12.5. The Balaban J connectivity index is 1.64. The summed E-state index contributed by atoms with van der Waals surface area (Å²) >= 11 is 3.53. The van der Waals surface area contributed by atoms with Gasteiger partial charge in [-0.25, -0.2) is 0 Å². The molecule has 0 aromatic carbocycles. The van der Waals surface area contributed by atoms with E-state index in [1.807, 2.05) is 37.9 Å². The molecule has 230 valence electrons. The zero-order valence-corrected chi connectivity index (χ0v) is 26.7. The molecule has 0 bridgehead atoms. The highest BCUT2D eigenvalue weighted by molar-refractivity contribution is 7.98. The van der Waals surface area contributed by atoms with Crippen molar-refractivity contribution in [3.05, 3.63) is 41.9 Å². The molecule has 0 spiro atoms. The second kappa shape index (κ2) is 19.9. The van der Waals surface area contributed by atoms with E-state index in [0.717, 1.165) is 79.4 Å². The topological polar surface area (TPSA) is 115 Å². The van der Waals surface area contributed by atoms with Crippen LogP contribution in [0, 0.1) is 0 Å². The van der Waals surface area contributed by atoms with Crippen LogP contribution in [0.2, 0.25) is 0 Å². The molecule has 1 saturated heterocycles. The smallest absolute Gasteiger partial charge is 0.221 e.